The minimum Gasteiger partial charge on any atom is -0.374 e. The van der Waals surface area contributed by atoms with Crippen LogP contribution in [0.3, 0.4) is 0 Å². The lowest BCUT2D eigenvalue weighted by atomic mass is 9.99. The third-order valence-corrected chi connectivity index (χ3v) is 3.03. The van der Waals surface area contributed by atoms with Gasteiger partial charge in [-0.25, -0.2) is 8.78 Å². The molecule has 2 unspecified atom stereocenters. The number of aliphatic imine (C=N–C) groups is 1. The fourth-order valence-electron chi connectivity index (χ4n) is 2.03. The summed E-state index contributed by atoms with van der Waals surface area (Å²) in [5.74, 6) is -2.66. The van der Waals surface area contributed by atoms with Gasteiger partial charge >= 0.3 is 0 Å². The van der Waals surface area contributed by atoms with E-state index in [0.717, 1.165) is 13.3 Å². The van der Waals surface area contributed by atoms with Crippen molar-refractivity contribution < 1.29 is 13.5 Å². The summed E-state index contributed by atoms with van der Waals surface area (Å²) in [7, 11) is 0. The number of halogens is 2. The Kier molecular flexibility index (Phi) is 4.07. The van der Waals surface area contributed by atoms with E-state index in [0.29, 0.717) is 13.2 Å². The summed E-state index contributed by atoms with van der Waals surface area (Å²) in [5, 5.41) is 0. The van der Waals surface area contributed by atoms with Crippen molar-refractivity contribution in [1.82, 2.24) is 0 Å². The first-order chi connectivity index (χ1) is 8.55. The summed E-state index contributed by atoms with van der Waals surface area (Å²) < 4.78 is 31.7. The van der Waals surface area contributed by atoms with Crippen LogP contribution in [0.1, 0.15) is 13.3 Å². The molecule has 0 aromatic carbocycles. The molecule has 2 aliphatic rings. The molecule has 0 fully saturated rings. The van der Waals surface area contributed by atoms with Gasteiger partial charge in [0.2, 0.25) is 0 Å². The molecule has 0 spiro atoms. The molecule has 0 aromatic heterocycles. The lowest BCUT2D eigenvalue weighted by Crippen LogP contribution is -2.22. The molecule has 1 aliphatic heterocycles. The van der Waals surface area contributed by atoms with Crippen molar-refractivity contribution in [3.8, 4) is 0 Å². The zero-order chi connectivity index (χ0) is 13.0. The van der Waals surface area contributed by atoms with E-state index < -0.39 is 5.92 Å². The number of hydrogen-bond acceptors (Lipinski definition) is 2. The molecule has 0 bridgehead atoms. The van der Waals surface area contributed by atoms with Gasteiger partial charge in [-0.2, -0.15) is 0 Å². The second-order valence-corrected chi connectivity index (χ2v) is 4.68. The molecule has 0 saturated heterocycles. The molecule has 2 atom stereocenters. The number of ether oxygens (including phenoxy) is 1. The Hall–Kier alpha value is -1.29. The van der Waals surface area contributed by atoms with Crippen LogP contribution >= 0.6 is 0 Å². The highest BCUT2D eigenvalue weighted by atomic mass is 19.3. The van der Waals surface area contributed by atoms with Crippen LogP contribution in [-0.4, -0.2) is 31.4 Å². The Balaban J connectivity index is 1.98. The minimum absolute atomic E-state index is 0.0460. The summed E-state index contributed by atoms with van der Waals surface area (Å²) >= 11 is 0. The monoisotopic (exact) mass is 253 g/mol. The topological polar surface area (TPSA) is 21.6 Å². The van der Waals surface area contributed by atoms with Gasteiger partial charge < -0.3 is 4.74 Å². The number of allylic oxidation sites excluding steroid dienone is 6. The molecule has 0 aromatic rings. The molecule has 0 N–H and O–H groups in total. The smallest absolute Gasteiger partial charge is 0.270 e. The van der Waals surface area contributed by atoms with Crippen LogP contribution in [-0.2, 0) is 4.74 Å². The van der Waals surface area contributed by atoms with E-state index in [9.17, 15) is 8.78 Å². The largest absolute Gasteiger partial charge is 0.374 e. The van der Waals surface area contributed by atoms with Crippen LogP contribution in [0.25, 0.3) is 0 Å². The maximum atomic E-state index is 13.2. The molecule has 2 nitrogen and oxygen atoms in total. The lowest BCUT2D eigenvalue weighted by molar-refractivity contribution is 0.0675. The number of rotatable bonds is 3. The van der Waals surface area contributed by atoms with Crippen molar-refractivity contribution in [2.45, 2.75) is 25.3 Å². The van der Waals surface area contributed by atoms with Crippen LogP contribution < -0.4 is 0 Å². The molecule has 0 saturated carbocycles. The normalized spacial score (nSPS) is 28.1. The Bertz CT molecular complexity index is 405. The summed E-state index contributed by atoms with van der Waals surface area (Å²) in [4.78, 5) is 4.34. The lowest BCUT2D eigenvalue weighted by Gasteiger charge is -2.18. The van der Waals surface area contributed by atoms with Crippen LogP contribution in [0.15, 0.2) is 40.9 Å². The maximum absolute atomic E-state index is 13.2. The minimum atomic E-state index is -2.79. The first-order valence-electron chi connectivity index (χ1n) is 6.10. The number of alkyl halides is 2. The third kappa shape index (κ3) is 3.60. The second-order valence-electron chi connectivity index (χ2n) is 4.68. The maximum Gasteiger partial charge on any atom is 0.270 e. The summed E-state index contributed by atoms with van der Waals surface area (Å²) in [6, 6.07) is 0.127. The highest BCUT2D eigenvalue weighted by Crippen LogP contribution is 2.27. The Morgan fingerprint density at radius 3 is 2.94 bits per heavy atom. The second kappa shape index (κ2) is 5.57. The number of hydrogen-bond donors (Lipinski definition) is 0. The summed E-state index contributed by atoms with van der Waals surface area (Å²) in [5.41, 5.74) is 0.0460. The van der Waals surface area contributed by atoms with Crippen LogP contribution in [0.4, 0.5) is 8.78 Å². The Labute approximate surface area is 106 Å². The van der Waals surface area contributed by atoms with E-state index in [2.05, 4.69) is 4.99 Å². The van der Waals surface area contributed by atoms with Gasteiger partial charge in [-0.1, -0.05) is 30.4 Å². The zero-order valence-electron chi connectivity index (χ0n) is 10.4. The average molecular weight is 253 g/mol. The fourth-order valence-corrected chi connectivity index (χ4v) is 2.03. The standard InChI is InChI=1S/C14H17F2NO/c1-14(15,16)12-4-2-3-11(5-6-12)9-13-10-18-8-7-17-13/h2-7,11,13H,8-10H2,1H3. The van der Waals surface area contributed by atoms with Gasteiger partial charge in [-0.3, -0.25) is 4.99 Å². The van der Waals surface area contributed by atoms with Gasteiger partial charge in [0.25, 0.3) is 5.92 Å². The summed E-state index contributed by atoms with van der Waals surface area (Å²) in [6.07, 6.45) is 11.0. The quantitative estimate of drug-likeness (QED) is 0.757. The molecule has 1 heterocycles. The first kappa shape index (κ1) is 13.1. The Morgan fingerprint density at radius 2 is 2.28 bits per heavy atom. The van der Waals surface area contributed by atoms with Gasteiger partial charge in [0.1, 0.15) is 0 Å². The molecule has 2 rings (SSSR count). The number of nitrogens with zero attached hydrogens (tertiary/aromatic N) is 1. The van der Waals surface area contributed by atoms with Crippen molar-refractivity contribution in [2.24, 2.45) is 10.9 Å². The fraction of sp³-hybridized carbons (Fsp3) is 0.500. The van der Waals surface area contributed by atoms with Crippen molar-refractivity contribution >= 4 is 6.21 Å². The molecule has 4 heteroatoms. The third-order valence-electron chi connectivity index (χ3n) is 3.03. The van der Waals surface area contributed by atoms with Crippen LogP contribution in [0.5, 0.6) is 0 Å². The van der Waals surface area contributed by atoms with E-state index in [1.807, 2.05) is 12.2 Å². The Morgan fingerprint density at radius 1 is 1.44 bits per heavy atom. The first-order valence-corrected chi connectivity index (χ1v) is 6.10. The highest BCUT2D eigenvalue weighted by Gasteiger charge is 2.26. The van der Waals surface area contributed by atoms with E-state index in [4.69, 9.17) is 4.74 Å². The molecular weight excluding hydrogens is 236 g/mol. The molecular formula is C14H17F2NO. The van der Waals surface area contributed by atoms with Crippen molar-refractivity contribution in [2.75, 3.05) is 13.2 Å². The van der Waals surface area contributed by atoms with E-state index >= 15 is 0 Å². The van der Waals surface area contributed by atoms with E-state index in [-0.39, 0.29) is 17.5 Å². The predicted octanol–water partition coefficient (Wildman–Crippen LogP) is 3.17. The summed E-state index contributed by atoms with van der Waals surface area (Å²) in [6.45, 7) is 2.09. The van der Waals surface area contributed by atoms with Gasteiger partial charge in [-0.05, 0) is 12.3 Å². The van der Waals surface area contributed by atoms with Gasteiger partial charge in [0.15, 0.2) is 0 Å². The van der Waals surface area contributed by atoms with Gasteiger partial charge in [0, 0.05) is 18.7 Å². The highest BCUT2D eigenvalue weighted by molar-refractivity contribution is 5.59. The zero-order valence-corrected chi connectivity index (χ0v) is 10.4. The molecule has 1 aliphatic carbocycles. The van der Waals surface area contributed by atoms with Crippen molar-refractivity contribution in [3.05, 3.63) is 36.0 Å². The van der Waals surface area contributed by atoms with Crippen molar-refractivity contribution in [1.29, 1.82) is 0 Å². The SMILES string of the molecule is CC(F)(F)C1=CC=CC(CC2COCC=N2)C=C1. The predicted molar refractivity (Wildman–Crippen MR) is 68.2 cm³/mol. The molecule has 0 amide bonds. The van der Waals surface area contributed by atoms with E-state index in [1.54, 1.807) is 12.3 Å². The molecule has 18 heavy (non-hydrogen) atoms. The van der Waals surface area contributed by atoms with Gasteiger partial charge in [-0.15, -0.1) is 0 Å². The molecule has 98 valence electrons. The van der Waals surface area contributed by atoms with Gasteiger partial charge in [0.05, 0.1) is 19.3 Å². The van der Waals surface area contributed by atoms with E-state index in [1.165, 1.54) is 12.2 Å². The van der Waals surface area contributed by atoms with Crippen LogP contribution in [0, 0.1) is 5.92 Å². The van der Waals surface area contributed by atoms with Crippen molar-refractivity contribution in [3.63, 3.8) is 0 Å². The average Bonchev–Trinajstić information content (AvgIpc) is 2.55. The van der Waals surface area contributed by atoms with Crippen LogP contribution in [0.2, 0.25) is 0 Å². The molecule has 0 radical (unpaired) electrons.